The van der Waals surface area contributed by atoms with Crippen molar-refractivity contribution in [1.82, 2.24) is 9.88 Å². The lowest BCUT2D eigenvalue weighted by molar-refractivity contribution is -0.129. The highest BCUT2D eigenvalue weighted by Gasteiger charge is 2.37. The van der Waals surface area contributed by atoms with Crippen LogP contribution in [-0.4, -0.2) is 35.4 Å². The normalized spacial score (nSPS) is 16.8. The molecule has 1 aliphatic heterocycles. The maximum Gasteiger partial charge on any atom is 0.231 e. The number of benzene rings is 2. The van der Waals surface area contributed by atoms with E-state index in [0.29, 0.717) is 11.7 Å². The second kappa shape index (κ2) is 9.12. The number of likely N-dealkylation sites (tertiary alicyclic amines) is 1. The molecule has 4 rings (SSSR count). The van der Waals surface area contributed by atoms with Crippen LogP contribution in [-0.2, 0) is 9.59 Å². The van der Waals surface area contributed by atoms with Gasteiger partial charge in [0.15, 0.2) is 5.13 Å². The number of aromatic nitrogens is 1. The molecule has 1 saturated heterocycles. The summed E-state index contributed by atoms with van der Waals surface area (Å²) < 4.78 is 5.34. The zero-order valence-electron chi connectivity index (χ0n) is 18.7. The van der Waals surface area contributed by atoms with Crippen molar-refractivity contribution in [1.29, 1.82) is 0 Å². The van der Waals surface area contributed by atoms with Crippen molar-refractivity contribution in [2.45, 2.75) is 33.2 Å². The minimum atomic E-state index is -0.385. The Balaban J connectivity index is 1.45. The number of aryl methyl sites for hydroxylation is 2. The van der Waals surface area contributed by atoms with E-state index in [2.05, 4.69) is 10.3 Å². The van der Waals surface area contributed by atoms with E-state index in [1.807, 2.05) is 69.3 Å². The smallest absolute Gasteiger partial charge is 0.231 e. The fraction of sp³-hybridized carbons (Fsp3) is 0.320. The summed E-state index contributed by atoms with van der Waals surface area (Å²) in [6, 6.07) is 15.8. The topological polar surface area (TPSA) is 71.5 Å². The molecule has 7 heteroatoms. The largest absolute Gasteiger partial charge is 0.496 e. The number of carbonyl (C=O) groups is 2. The van der Waals surface area contributed by atoms with Crippen molar-refractivity contribution in [3.05, 3.63) is 64.5 Å². The number of methoxy groups -OCH3 is 1. The van der Waals surface area contributed by atoms with E-state index in [-0.39, 0.29) is 30.2 Å². The second-order valence-corrected chi connectivity index (χ2v) is 9.33. The summed E-state index contributed by atoms with van der Waals surface area (Å²) in [5, 5.41) is 3.49. The fourth-order valence-electron chi connectivity index (χ4n) is 4.14. The Kier molecular flexibility index (Phi) is 6.28. The molecule has 6 nitrogen and oxygen atoms in total. The molecule has 2 amide bonds. The van der Waals surface area contributed by atoms with E-state index >= 15 is 0 Å². The first-order valence-electron chi connectivity index (χ1n) is 10.6. The van der Waals surface area contributed by atoms with Crippen molar-refractivity contribution in [3.63, 3.8) is 0 Å². The van der Waals surface area contributed by atoms with E-state index in [9.17, 15) is 9.59 Å². The summed E-state index contributed by atoms with van der Waals surface area (Å²) in [5.74, 6) is 0.290. The first-order chi connectivity index (χ1) is 15.4. The average Bonchev–Trinajstić information content (AvgIpc) is 3.36. The van der Waals surface area contributed by atoms with Crippen LogP contribution in [0.4, 0.5) is 5.13 Å². The van der Waals surface area contributed by atoms with Gasteiger partial charge in [0.1, 0.15) is 5.75 Å². The number of rotatable bonds is 6. The zero-order valence-corrected chi connectivity index (χ0v) is 19.5. The average molecular weight is 450 g/mol. The summed E-state index contributed by atoms with van der Waals surface area (Å²) in [6.07, 6.45) is 0.220. The molecule has 32 heavy (non-hydrogen) atoms. The third kappa shape index (κ3) is 4.39. The van der Waals surface area contributed by atoms with E-state index in [1.54, 1.807) is 12.0 Å². The third-order valence-corrected chi connectivity index (χ3v) is 6.86. The summed E-state index contributed by atoms with van der Waals surface area (Å²) in [4.78, 5) is 33.0. The number of nitrogens with zero attached hydrogens (tertiary/aromatic N) is 2. The van der Waals surface area contributed by atoms with Gasteiger partial charge < -0.3 is 15.0 Å². The highest BCUT2D eigenvalue weighted by Crippen LogP contribution is 2.34. The number of amides is 2. The second-order valence-electron chi connectivity index (χ2n) is 8.13. The molecule has 0 aliphatic carbocycles. The highest BCUT2D eigenvalue weighted by atomic mass is 32.1. The molecule has 2 heterocycles. The summed E-state index contributed by atoms with van der Waals surface area (Å²) >= 11 is 1.44. The molecule has 1 aromatic heterocycles. The number of ether oxygens (including phenoxy) is 1. The van der Waals surface area contributed by atoms with Gasteiger partial charge in [-0.15, -0.1) is 11.3 Å². The molecule has 1 N–H and O–H groups in total. The zero-order chi connectivity index (χ0) is 22.8. The molecule has 0 saturated carbocycles. The van der Waals surface area contributed by atoms with Crippen molar-refractivity contribution < 1.29 is 14.3 Å². The Morgan fingerprint density at radius 1 is 1.22 bits per heavy atom. The van der Waals surface area contributed by atoms with Crippen LogP contribution in [0.2, 0.25) is 0 Å². The van der Waals surface area contributed by atoms with Crippen LogP contribution in [0.25, 0.3) is 11.3 Å². The van der Waals surface area contributed by atoms with Crippen molar-refractivity contribution in [3.8, 4) is 17.0 Å². The quantitative estimate of drug-likeness (QED) is 0.576. The van der Waals surface area contributed by atoms with E-state index in [1.165, 1.54) is 11.3 Å². The number of hydrogen-bond donors (Lipinski definition) is 1. The van der Waals surface area contributed by atoms with Gasteiger partial charge in [-0.25, -0.2) is 4.98 Å². The molecule has 0 radical (unpaired) electrons. The Morgan fingerprint density at radius 3 is 2.66 bits per heavy atom. The van der Waals surface area contributed by atoms with Crippen molar-refractivity contribution in [2.24, 2.45) is 5.92 Å². The monoisotopic (exact) mass is 449 g/mol. The van der Waals surface area contributed by atoms with Gasteiger partial charge in [-0.1, -0.05) is 30.3 Å². The van der Waals surface area contributed by atoms with Crippen LogP contribution in [0.1, 0.15) is 35.4 Å². The molecule has 0 bridgehead atoms. The first kappa shape index (κ1) is 22.0. The third-order valence-electron chi connectivity index (χ3n) is 5.97. The fourth-order valence-corrected chi connectivity index (χ4v) is 4.98. The number of hydrogen-bond acceptors (Lipinski definition) is 5. The van der Waals surface area contributed by atoms with Gasteiger partial charge in [0.2, 0.25) is 11.8 Å². The van der Waals surface area contributed by atoms with Crippen LogP contribution in [0, 0.1) is 19.8 Å². The van der Waals surface area contributed by atoms with Gasteiger partial charge >= 0.3 is 0 Å². The van der Waals surface area contributed by atoms with Crippen molar-refractivity contribution >= 4 is 28.3 Å². The van der Waals surface area contributed by atoms with Crippen LogP contribution >= 0.6 is 11.3 Å². The lowest BCUT2D eigenvalue weighted by Gasteiger charge is -2.25. The molecule has 0 spiro atoms. The van der Waals surface area contributed by atoms with Gasteiger partial charge in [0.25, 0.3) is 0 Å². The van der Waals surface area contributed by atoms with Gasteiger partial charge in [0, 0.05) is 23.4 Å². The number of carbonyl (C=O) groups excluding carboxylic acids is 2. The Hall–Kier alpha value is -3.19. The Labute approximate surface area is 192 Å². The Bertz CT molecular complexity index is 1140. The molecule has 2 aromatic carbocycles. The minimum absolute atomic E-state index is 0.00576. The maximum atomic E-state index is 12.9. The van der Waals surface area contributed by atoms with Crippen molar-refractivity contribution in [2.75, 3.05) is 19.0 Å². The molecular weight excluding hydrogens is 422 g/mol. The molecule has 2 unspecified atom stereocenters. The molecule has 1 aliphatic rings. The molecule has 2 atom stereocenters. The van der Waals surface area contributed by atoms with E-state index < -0.39 is 0 Å². The highest BCUT2D eigenvalue weighted by molar-refractivity contribution is 7.16. The van der Waals surface area contributed by atoms with Crippen LogP contribution < -0.4 is 10.1 Å². The predicted molar refractivity (Wildman–Crippen MR) is 127 cm³/mol. The first-order valence-corrected chi connectivity index (χ1v) is 11.5. The van der Waals surface area contributed by atoms with Gasteiger partial charge in [-0.05, 0) is 50.1 Å². The molecule has 1 fully saturated rings. The number of anilines is 1. The van der Waals surface area contributed by atoms with Gasteiger partial charge in [-0.2, -0.15) is 0 Å². The van der Waals surface area contributed by atoms with Gasteiger partial charge in [-0.3, -0.25) is 9.59 Å². The Morgan fingerprint density at radius 2 is 1.97 bits per heavy atom. The number of nitrogens with one attached hydrogen (secondary N) is 1. The minimum Gasteiger partial charge on any atom is -0.496 e. The predicted octanol–water partition coefficient (Wildman–Crippen LogP) is 4.98. The number of thiazole rings is 1. The lowest BCUT2D eigenvalue weighted by Crippen LogP contribution is -2.30. The van der Waals surface area contributed by atoms with Crippen LogP contribution in [0.5, 0.6) is 5.75 Å². The standard InChI is InChI=1S/C25H27N3O3S/c1-15-12-19(10-11-21(15)31-4)23-17(3)32-25(26-23)27-24(30)20-13-22(29)28(14-20)16(2)18-8-6-5-7-9-18/h5-12,16,20H,13-14H2,1-4H3,(H,26,27,30). The molecular formula is C25H27N3O3S. The summed E-state index contributed by atoms with van der Waals surface area (Å²) in [5.41, 5.74) is 3.92. The maximum absolute atomic E-state index is 12.9. The summed E-state index contributed by atoms with van der Waals surface area (Å²) in [7, 11) is 1.65. The van der Waals surface area contributed by atoms with E-state index in [0.717, 1.165) is 33.0 Å². The van der Waals surface area contributed by atoms with E-state index in [4.69, 9.17) is 4.74 Å². The SMILES string of the molecule is COc1ccc(-c2nc(NC(=O)C3CC(=O)N(C(C)c4ccccc4)C3)sc2C)cc1C. The summed E-state index contributed by atoms with van der Waals surface area (Å²) in [6.45, 7) is 6.40. The molecule has 3 aromatic rings. The molecule has 166 valence electrons. The lowest BCUT2D eigenvalue weighted by atomic mass is 10.1. The van der Waals surface area contributed by atoms with Gasteiger partial charge in [0.05, 0.1) is 24.8 Å². The van der Waals surface area contributed by atoms with Crippen LogP contribution in [0.15, 0.2) is 48.5 Å². The van der Waals surface area contributed by atoms with Crippen LogP contribution in [0.3, 0.4) is 0 Å².